The summed E-state index contributed by atoms with van der Waals surface area (Å²) in [6.07, 6.45) is 0.952. The van der Waals surface area contributed by atoms with Crippen molar-refractivity contribution < 1.29 is 4.74 Å². The van der Waals surface area contributed by atoms with Crippen molar-refractivity contribution in [3.05, 3.63) is 51.2 Å². The van der Waals surface area contributed by atoms with Crippen LogP contribution >= 0.6 is 11.3 Å². The van der Waals surface area contributed by atoms with Crippen molar-refractivity contribution in [3.8, 4) is 5.75 Å². The SMILES string of the molecule is Cc1cc(C2C[C@H](N)c3ccccc3O2)c(C)s1. The number of rotatable bonds is 1. The molecule has 1 aliphatic rings. The molecular formula is C15H17NOS. The van der Waals surface area contributed by atoms with E-state index < -0.39 is 0 Å². The van der Waals surface area contributed by atoms with Crippen LogP contribution in [0.15, 0.2) is 30.3 Å². The Hall–Kier alpha value is -1.32. The van der Waals surface area contributed by atoms with Crippen LogP contribution in [0.25, 0.3) is 0 Å². The summed E-state index contributed by atoms with van der Waals surface area (Å²) in [6.45, 7) is 4.29. The van der Waals surface area contributed by atoms with Gasteiger partial charge in [-0.2, -0.15) is 0 Å². The van der Waals surface area contributed by atoms with Crippen molar-refractivity contribution in [2.24, 2.45) is 5.73 Å². The monoisotopic (exact) mass is 259 g/mol. The van der Waals surface area contributed by atoms with Gasteiger partial charge in [0.25, 0.3) is 0 Å². The van der Waals surface area contributed by atoms with Crippen LogP contribution in [0.5, 0.6) is 5.75 Å². The zero-order valence-corrected chi connectivity index (χ0v) is 11.5. The molecule has 3 heteroatoms. The van der Waals surface area contributed by atoms with E-state index in [0.717, 1.165) is 17.7 Å². The molecule has 0 spiro atoms. The molecule has 1 unspecified atom stereocenters. The first kappa shape index (κ1) is 11.8. The van der Waals surface area contributed by atoms with Gasteiger partial charge in [-0.25, -0.2) is 0 Å². The number of aryl methyl sites for hydroxylation is 2. The molecule has 0 fully saturated rings. The zero-order chi connectivity index (χ0) is 12.7. The van der Waals surface area contributed by atoms with Gasteiger partial charge in [0.2, 0.25) is 0 Å². The second-order valence-electron chi connectivity index (χ2n) is 4.86. The Bertz CT molecular complexity index is 576. The smallest absolute Gasteiger partial charge is 0.127 e. The van der Waals surface area contributed by atoms with E-state index in [0.29, 0.717) is 0 Å². The van der Waals surface area contributed by atoms with Crippen LogP contribution < -0.4 is 10.5 Å². The molecule has 2 nitrogen and oxygen atoms in total. The second kappa shape index (κ2) is 4.41. The fourth-order valence-electron chi connectivity index (χ4n) is 2.61. The zero-order valence-electron chi connectivity index (χ0n) is 10.6. The normalized spacial score (nSPS) is 22.4. The van der Waals surface area contributed by atoms with Gasteiger partial charge < -0.3 is 10.5 Å². The third-order valence-electron chi connectivity index (χ3n) is 3.48. The van der Waals surface area contributed by atoms with E-state index in [1.807, 2.05) is 29.5 Å². The fourth-order valence-corrected chi connectivity index (χ4v) is 3.59. The van der Waals surface area contributed by atoms with Crippen molar-refractivity contribution in [2.45, 2.75) is 32.4 Å². The molecule has 0 radical (unpaired) electrons. The van der Waals surface area contributed by atoms with Gasteiger partial charge in [-0.15, -0.1) is 11.3 Å². The molecule has 0 bridgehead atoms. The van der Waals surface area contributed by atoms with Gasteiger partial charge in [-0.1, -0.05) is 18.2 Å². The maximum atomic E-state index is 6.25. The van der Waals surface area contributed by atoms with Gasteiger partial charge in [0.15, 0.2) is 0 Å². The number of fused-ring (bicyclic) bond motifs is 1. The standard InChI is InChI=1S/C15H17NOS/c1-9-7-12(10(2)18-9)15-8-13(16)11-5-3-4-6-14(11)17-15/h3-7,13,15H,8,16H2,1-2H3/t13-,15?/m0/s1. The second-order valence-corrected chi connectivity index (χ2v) is 6.32. The molecule has 0 aliphatic carbocycles. The number of hydrogen-bond acceptors (Lipinski definition) is 3. The lowest BCUT2D eigenvalue weighted by atomic mass is 9.94. The van der Waals surface area contributed by atoms with Crippen molar-refractivity contribution >= 4 is 11.3 Å². The van der Waals surface area contributed by atoms with Gasteiger partial charge in [0.1, 0.15) is 11.9 Å². The minimum absolute atomic E-state index is 0.0690. The topological polar surface area (TPSA) is 35.2 Å². The Balaban J connectivity index is 1.97. The van der Waals surface area contributed by atoms with Crippen molar-refractivity contribution in [3.63, 3.8) is 0 Å². The summed E-state index contributed by atoms with van der Waals surface area (Å²) < 4.78 is 6.11. The number of hydrogen-bond donors (Lipinski definition) is 1. The Morgan fingerprint density at radius 1 is 1.22 bits per heavy atom. The highest BCUT2D eigenvalue weighted by molar-refractivity contribution is 7.12. The molecule has 3 rings (SSSR count). The molecule has 1 aromatic heterocycles. The molecule has 94 valence electrons. The molecule has 2 aromatic rings. The highest BCUT2D eigenvalue weighted by Crippen LogP contribution is 2.41. The van der Waals surface area contributed by atoms with Gasteiger partial charge in [0, 0.05) is 33.3 Å². The molecule has 1 aliphatic heterocycles. The Kier molecular flexibility index (Phi) is 2.88. The number of para-hydroxylation sites is 1. The number of thiophene rings is 1. The Morgan fingerprint density at radius 3 is 2.72 bits per heavy atom. The molecular weight excluding hydrogens is 242 g/mol. The minimum Gasteiger partial charge on any atom is -0.485 e. The summed E-state index contributed by atoms with van der Waals surface area (Å²) >= 11 is 1.82. The summed E-state index contributed by atoms with van der Waals surface area (Å²) in [5.41, 5.74) is 8.67. The molecule has 1 aromatic carbocycles. The summed E-state index contributed by atoms with van der Waals surface area (Å²) in [7, 11) is 0. The van der Waals surface area contributed by atoms with E-state index in [4.69, 9.17) is 10.5 Å². The lowest BCUT2D eigenvalue weighted by Crippen LogP contribution is -2.24. The average Bonchev–Trinajstić information content (AvgIpc) is 2.68. The molecule has 2 heterocycles. The van der Waals surface area contributed by atoms with E-state index in [9.17, 15) is 0 Å². The molecule has 18 heavy (non-hydrogen) atoms. The molecule has 2 atom stereocenters. The van der Waals surface area contributed by atoms with Crippen molar-refractivity contribution in [2.75, 3.05) is 0 Å². The fraction of sp³-hybridized carbons (Fsp3) is 0.333. The Morgan fingerprint density at radius 2 is 2.00 bits per heavy atom. The van der Waals surface area contributed by atoms with Crippen LogP contribution in [-0.2, 0) is 0 Å². The predicted octanol–water partition coefficient (Wildman–Crippen LogP) is 3.89. The van der Waals surface area contributed by atoms with Crippen LogP contribution in [0.3, 0.4) is 0 Å². The summed E-state index contributed by atoms with van der Waals surface area (Å²) in [5, 5.41) is 0. The lowest BCUT2D eigenvalue weighted by molar-refractivity contribution is 0.161. The maximum absolute atomic E-state index is 6.25. The molecule has 2 N–H and O–H groups in total. The first-order chi connectivity index (χ1) is 8.65. The van der Waals surface area contributed by atoms with E-state index >= 15 is 0 Å². The van der Waals surface area contributed by atoms with E-state index in [1.54, 1.807) is 0 Å². The highest BCUT2D eigenvalue weighted by atomic mass is 32.1. The Labute approximate surface area is 111 Å². The van der Waals surface area contributed by atoms with E-state index in [1.165, 1.54) is 15.3 Å². The minimum atomic E-state index is 0.0690. The lowest BCUT2D eigenvalue weighted by Gasteiger charge is -2.30. The van der Waals surface area contributed by atoms with Gasteiger partial charge >= 0.3 is 0 Å². The van der Waals surface area contributed by atoms with E-state index in [2.05, 4.69) is 26.0 Å². The third kappa shape index (κ3) is 1.93. The van der Waals surface area contributed by atoms with Crippen LogP contribution in [0, 0.1) is 13.8 Å². The number of ether oxygens (including phenoxy) is 1. The number of benzene rings is 1. The van der Waals surface area contributed by atoms with Crippen molar-refractivity contribution in [1.82, 2.24) is 0 Å². The summed E-state index contributed by atoms with van der Waals surface area (Å²) in [5.74, 6) is 0.935. The summed E-state index contributed by atoms with van der Waals surface area (Å²) in [6, 6.07) is 10.4. The van der Waals surface area contributed by atoms with Gasteiger partial charge in [0.05, 0.1) is 0 Å². The number of nitrogens with two attached hydrogens (primary N) is 1. The van der Waals surface area contributed by atoms with E-state index in [-0.39, 0.29) is 12.1 Å². The quantitative estimate of drug-likeness (QED) is 0.843. The van der Waals surface area contributed by atoms with Crippen molar-refractivity contribution in [1.29, 1.82) is 0 Å². The molecule has 0 saturated heterocycles. The summed E-state index contributed by atoms with van der Waals surface area (Å²) in [4.78, 5) is 2.67. The van der Waals surface area contributed by atoms with Crippen LogP contribution in [0.2, 0.25) is 0 Å². The first-order valence-electron chi connectivity index (χ1n) is 6.23. The first-order valence-corrected chi connectivity index (χ1v) is 7.05. The maximum Gasteiger partial charge on any atom is 0.127 e. The molecule has 0 saturated carbocycles. The van der Waals surface area contributed by atoms with Crippen LogP contribution in [0.4, 0.5) is 0 Å². The largest absolute Gasteiger partial charge is 0.485 e. The van der Waals surface area contributed by atoms with Gasteiger partial charge in [-0.05, 0) is 26.0 Å². The highest BCUT2D eigenvalue weighted by Gasteiger charge is 2.28. The predicted molar refractivity (Wildman–Crippen MR) is 75.1 cm³/mol. The third-order valence-corrected chi connectivity index (χ3v) is 4.46. The van der Waals surface area contributed by atoms with Crippen LogP contribution in [-0.4, -0.2) is 0 Å². The van der Waals surface area contributed by atoms with Gasteiger partial charge in [-0.3, -0.25) is 0 Å². The molecule has 0 amide bonds. The average molecular weight is 259 g/mol. The van der Waals surface area contributed by atoms with Crippen LogP contribution in [0.1, 0.15) is 39.4 Å².